The average Bonchev–Trinajstić information content (AvgIpc) is 2.13. The molecule has 4 heteroatoms. The molecule has 1 aliphatic rings. The van der Waals surface area contributed by atoms with Crippen LogP contribution in [0.2, 0.25) is 0 Å². The van der Waals surface area contributed by atoms with Gasteiger partial charge in [-0.05, 0) is 12.1 Å². The van der Waals surface area contributed by atoms with Crippen LogP contribution in [-0.2, 0) is 0 Å². The maximum Gasteiger partial charge on any atom is 0.256 e. The van der Waals surface area contributed by atoms with Gasteiger partial charge < -0.3 is 15.7 Å². The number of anilines is 1. The van der Waals surface area contributed by atoms with Crippen molar-refractivity contribution in [1.29, 1.82) is 0 Å². The number of rotatable bonds is 1. The number of likely N-dealkylation sites (tertiary alicyclic amines) is 1. The lowest BCUT2D eigenvalue weighted by Crippen LogP contribution is -2.53. The number of β-amino-alcohol motifs (C(OH)–C–C–N with tert-alkyl or cyclic N) is 1. The molecular weight excluding hydrogens is 180 g/mol. The number of carbonyl (C=O) groups is 1. The van der Waals surface area contributed by atoms with E-state index in [1.165, 1.54) is 0 Å². The molecule has 2 rings (SSSR count). The smallest absolute Gasteiger partial charge is 0.256 e. The summed E-state index contributed by atoms with van der Waals surface area (Å²) in [7, 11) is 0. The number of hydrogen-bond donors (Lipinski definition) is 2. The van der Waals surface area contributed by atoms with E-state index >= 15 is 0 Å². The first-order chi connectivity index (χ1) is 6.68. The van der Waals surface area contributed by atoms with Crippen molar-refractivity contribution in [1.82, 2.24) is 4.90 Å². The molecule has 1 aliphatic heterocycles. The number of aliphatic hydroxyl groups excluding tert-OH is 1. The number of para-hydroxylation sites is 1. The molecule has 14 heavy (non-hydrogen) atoms. The molecule has 0 aromatic heterocycles. The van der Waals surface area contributed by atoms with Gasteiger partial charge in [0, 0.05) is 18.8 Å². The van der Waals surface area contributed by atoms with Crippen molar-refractivity contribution in [2.24, 2.45) is 0 Å². The van der Waals surface area contributed by atoms with Crippen LogP contribution in [0, 0.1) is 0 Å². The summed E-state index contributed by atoms with van der Waals surface area (Å²) in [5.41, 5.74) is 6.66. The third-order valence-corrected chi connectivity index (χ3v) is 2.34. The number of aliphatic hydroxyl groups is 1. The van der Waals surface area contributed by atoms with Gasteiger partial charge in [0.05, 0.1) is 11.7 Å². The second-order valence-electron chi connectivity index (χ2n) is 3.45. The molecule has 1 aromatic rings. The molecule has 0 bridgehead atoms. The van der Waals surface area contributed by atoms with Crippen LogP contribution in [0.4, 0.5) is 5.69 Å². The van der Waals surface area contributed by atoms with Gasteiger partial charge in [-0.25, -0.2) is 0 Å². The van der Waals surface area contributed by atoms with E-state index in [0.29, 0.717) is 24.3 Å². The highest BCUT2D eigenvalue weighted by Gasteiger charge is 2.29. The van der Waals surface area contributed by atoms with Crippen molar-refractivity contribution >= 4 is 11.6 Å². The number of amides is 1. The van der Waals surface area contributed by atoms with Gasteiger partial charge in [0.15, 0.2) is 0 Å². The largest absolute Gasteiger partial charge is 0.398 e. The predicted molar refractivity (Wildman–Crippen MR) is 52.8 cm³/mol. The molecule has 0 atom stereocenters. The van der Waals surface area contributed by atoms with Crippen LogP contribution in [0.15, 0.2) is 24.3 Å². The summed E-state index contributed by atoms with van der Waals surface area (Å²) in [5, 5.41) is 9.06. The highest BCUT2D eigenvalue weighted by atomic mass is 16.3. The highest BCUT2D eigenvalue weighted by molar-refractivity contribution is 5.99. The van der Waals surface area contributed by atoms with Gasteiger partial charge in [-0.15, -0.1) is 0 Å². The van der Waals surface area contributed by atoms with Crippen LogP contribution in [0.25, 0.3) is 0 Å². The monoisotopic (exact) mass is 192 g/mol. The Bertz CT molecular complexity index is 359. The molecule has 74 valence electrons. The molecule has 1 heterocycles. The average molecular weight is 192 g/mol. The van der Waals surface area contributed by atoms with Gasteiger partial charge in [-0.3, -0.25) is 4.79 Å². The number of nitrogen functional groups attached to an aromatic ring is 1. The number of nitrogens with two attached hydrogens (primary N) is 1. The first-order valence-corrected chi connectivity index (χ1v) is 4.50. The number of hydrogen-bond acceptors (Lipinski definition) is 3. The minimum Gasteiger partial charge on any atom is -0.398 e. The van der Waals surface area contributed by atoms with E-state index in [9.17, 15) is 4.79 Å². The van der Waals surface area contributed by atoms with Crippen LogP contribution in [0.3, 0.4) is 0 Å². The third kappa shape index (κ3) is 1.44. The summed E-state index contributed by atoms with van der Waals surface area (Å²) < 4.78 is 0. The van der Waals surface area contributed by atoms with E-state index < -0.39 is 0 Å². The molecule has 0 radical (unpaired) electrons. The summed E-state index contributed by atoms with van der Waals surface area (Å²) in [6.07, 6.45) is -0.371. The Labute approximate surface area is 81.9 Å². The van der Waals surface area contributed by atoms with Crippen molar-refractivity contribution in [3.05, 3.63) is 29.8 Å². The molecule has 1 aromatic carbocycles. The quantitative estimate of drug-likeness (QED) is 0.619. The zero-order valence-electron chi connectivity index (χ0n) is 7.68. The lowest BCUT2D eigenvalue weighted by Gasteiger charge is -2.36. The summed E-state index contributed by atoms with van der Waals surface area (Å²) in [6, 6.07) is 6.96. The summed E-state index contributed by atoms with van der Waals surface area (Å²) in [5.74, 6) is -0.103. The van der Waals surface area contributed by atoms with Crippen LogP contribution < -0.4 is 5.73 Å². The topological polar surface area (TPSA) is 66.6 Å². The fourth-order valence-corrected chi connectivity index (χ4v) is 1.48. The van der Waals surface area contributed by atoms with Crippen LogP contribution in [0.1, 0.15) is 10.4 Å². The lowest BCUT2D eigenvalue weighted by atomic mass is 10.1. The predicted octanol–water partition coefficient (Wildman–Crippen LogP) is 0.0855. The number of carbonyl (C=O) groups excluding carboxylic acids is 1. The van der Waals surface area contributed by atoms with E-state index in [1.807, 2.05) is 0 Å². The van der Waals surface area contributed by atoms with Gasteiger partial charge in [0.2, 0.25) is 0 Å². The second kappa shape index (κ2) is 3.31. The van der Waals surface area contributed by atoms with Gasteiger partial charge in [-0.2, -0.15) is 0 Å². The summed E-state index contributed by atoms with van der Waals surface area (Å²) >= 11 is 0. The molecule has 3 N–H and O–H groups in total. The maximum atomic E-state index is 11.7. The summed E-state index contributed by atoms with van der Waals surface area (Å²) in [6.45, 7) is 0.820. The van der Waals surface area contributed by atoms with Crippen molar-refractivity contribution in [3.63, 3.8) is 0 Å². The molecule has 0 unspecified atom stereocenters. The number of nitrogens with zero attached hydrogens (tertiary/aromatic N) is 1. The maximum absolute atomic E-state index is 11.7. The minimum atomic E-state index is -0.371. The van der Waals surface area contributed by atoms with E-state index in [2.05, 4.69) is 0 Å². The Morgan fingerprint density at radius 1 is 1.43 bits per heavy atom. The standard InChI is InChI=1S/C10H12N2O2/c11-9-4-2-1-3-8(9)10(14)12-5-7(13)6-12/h1-4,7,13H,5-6,11H2. The minimum absolute atomic E-state index is 0.103. The molecule has 0 saturated carbocycles. The van der Waals surface area contributed by atoms with Crippen LogP contribution in [0.5, 0.6) is 0 Å². The van der Waals surface area contributed by atoms with Crippen LogP contribution >= 0.6 is 0 Å². The van der Waals surface area contributed by atoms with E-state index in [4.69, 9.17) is 10.8 Å². The van der Waals surface area contributed by atoms with Gasteiger partial charge in [0.1, 0.15) is 0 Å². The Morgan fingerprint density at radius 3 is 2.64 bits per heavy atom. The fourth-order valence-electron chi connectivity index (χ4n) is 1.48. The van der Waals surface area contributed by atoms with E-state index in [-0.39, 0.29) is 12.0 Å². The third-order valence-electron chi connectivity index (χ3n) is 2.34. The normalized spacial score (nSPS) is 16.5. The molecule has 4 nitrogen and oxygen atoms in total. The Balaban J connectivity index is 2.16. The van der Waals surface area contributed by atoms with Crippen molar-refractivity contribution < 1.29 is 9.90 Å². The van der Waals surface area contributed by atoms with Crippen molar-refractivity contribution in [2.75, 3.05) is 18.8 Å². The Hall–Kier alpha value is -1.55. The zero-order chi connectivity index (χ0) is 10.1. The summed E-state index contributed by atoms with van der Waals surface area (Å²) in [4.78, 5) is 13.3. The molecule has 1 fully saturated rings. The van der Waals surface area contributed by atoms with Gasteiger partial charge in [-0.1, -0.05) is 12.1 Å². The molecule has 1 saturated heterocycles. The first-order valence-electron chi connectivity index (χ1n) is 4.50. The molecule has 0 aliphatic carbocycles. The van der Waals surface area contributed by atoms with Crippen molar-refractivity contribution in [3.8, 4) is 0 Å². The highest BCUT2D eigenvalue weighted by Crippen LogP contribution is 2.17. The van der Waals surface area contributed by atoms with Crippen LogP contribution in [-0.4, -0.2) is 35.1 Å². The second-order valence-corrected chi connectivity index (χ2v) is 3.45. The fraction of sp³-hybridized carbons (Fsp3) is 0.300. The zero-order valence-corrected chi connectivity index (χ0v) is 7.68. The lowest BCUT2D eigenvalue weighted by molar-refractivity contribution is 0.00596. The van der Waals surface area contributed by atoms with E-state index in [0.717, 1.165) is 0 Å². The first kappa shape index (κ1) is 9.02. The molecule has 0 spiro atoms. The Kier molecular flexibility index (Phi) is 2.13. The van der Waals surface area contributed by atoms with E-state index in [1.54, 1.807) is 29.2 Å². The Morgan fingerprint density at radius 2 is 2.07 bits per heavy atom. The van der Waals surface area contributed by atoms with Gasteiger partial charge in [0.25, 0.3) is 5.91 Å². The van der Waals surface area contributed by atoms with Crippen molar-refractivity contribution in [2.45, 2.75) is 6.10 Å². The number of benzene rings is 1. The SMILES string of the molecule is Nc1ccccc1C(=O)N1CC(O)C1. The van der Waals surface area contributed by atoms with Gasteiger partial charge >= 0.3 is 0 Å². The molecule has 1 amide bonds. The molecular formula is C10H12N2O2.